The van der Waals surface area contributed by atoms with E-state index in [0.29, 0.717) is 31.5 Å². The Bertz CT molecular complexity index is 1110. The van der Waals surface area contributed by atoms with Gasteiger partial charge in [-0.3, -0.25) is 19.3 Å². The molecule has 36 heavy (non-hydrogen) atoms. The molecule has 2 N–H and O–H groups in total. The lowest BCUT2D eigenvalue weighted by molar-refractivity contribution is -0.144. The lowest BCUT2D eigenvalue weighted by atomic mass is 9.81. The van der Waals surface area contributed by atoms with E-state index < -0.39 is 6.03 Å². The molecule has 1 aliphatic carbocycles. The third kappa shape index (κ3) is 6.26. The van der Waals surface area contributed by atoms with Gasteiger partial charge >= 0.3 is 6.03 Å². The summed E-state index contributed by atoms with van der Waals surface area (Å²) in [4.78, 5) is 55.6. The number of rotatable bonds is 9. The summed E-state index contributed by atoms with van der Waals surface area (Å²) in [6.07, 6.45) is 5.73. The van der Waals surface area contributed by atoms with Crippen LogP contribution in [0.5, 0.6) is 0 Å². The van der Waals surface area contributed by atoms with Gasteiger partial charge in [-0.15, -0.1) is 11.8 Å². The first-order valence-electron chi connectivity index (χ1n) is 12.3. The molecule has 1 aliphatic heterocycles. The molecule has 1 heterocycles. The molecule has 5 amide bonds. The van der Waals surface area contributed by atoms with E-state index in [1.807, 2.05) is 54.8 Å². The molecule has 2 unspecified atom stereocenters. The quantitative estimate of drug-likeness (QED) is 0.505. The minimum absolute atomic E-state index is 0.164. The van der Waals surface area contributed by atoms with Gasteiger partial charge in [-0.2, -0.15) is 0 Å². The second-order valence-electron chi connectivity index (χ2n) is 9.16. The molecule has 2 aromatic carbocycles. The first-order valence-corrected chi connectivity index (χ1v) is 13.5. The zero-order valence-corrected chi connectivity index (χ0v) is 21.3. The third-order valence-corrected chi connectivity index (χ3v) is 7.46. The van der Waals surface area contributed by atoms with Gasteiger partial charge in [0.05, 0.1) is 5.92 Å². The summed E-state index contributed by atoms with van der Waals surface area (Å²) in [5.41, 5.74) is 1.75. The number of anilines is 1. The standard InChI is InChI=1S/C27H32N4O4S/c1-36-21-11-7-10-20(16-21)29-25(33)18-30-23-13-6-5-12-22(23)26(34)31(27(30)35)17-24(32)28-15-14-19-8-3-2-4-9-19/h2-4,7-11,16,22-23H,5-6,12-15,17-18H2,1H3,(H,28,32)(H,29,33). The number of amides is 5. The molecule has 9 heteroatoms. The molecule has 190 valence electrons. The average Bonchev–Trinajstić information content (AvgIpc) is 2.90. The van der Waals surface area contributed by atoms with Crippen LogP contribution in [0.3, 0.4) is 0 Å². The Labute approximate surface area is 215 Å². The molecule has 2 fully saturated rings. The number of hydrogen-bond acceptors (Lipinski definition) is 5. The molecule has 1 saturated carbocycles. The molecule has 0 aromatic heterocycles. The van der Waals surface area contributed by atoms with Gasteiger partial charge in [0.25, 0.3) is 0 Å². The minimum atomic E-state index is -0.575. The van der Waals surface area contributed by atoms with E-state index in [-0.39, 0.29) is 42.8 Å². The van der Waals surface area contributed by atoms with Crippen LogP contribution in [0.4, 0.5) is 10.5 Å². The van der Waals surface area contributed by atoms with Crippen LogP contribution in [0.2, 0.25) is 0 Å². The SMILES string of the molecule is CSc1cccc(NC(=O)CN2C(=O)N(CC(=O)NCCc3ccccc3)C(=O)C3CCCCC32)c1. The van der Waals surface area contributed by atoms with Crippen molar-refractivity contribution in [3.05, 3.63) is 60.2 Å². The fourth-order valence-electron chi connectivity index (χ4n) is 4.94. The van der Waals surface area contributed by atoms with Crippen LogP contribution in [-0.2, 0) is 20.8 Å². The van der Waals surface area contributed by atoms with Crippen LogP contribution in [0.15, 0.2) is 59.5 Å². The summed E-state index contributed by atoms with van der Waals surface area (Å²) in [5.74, 6) is -1.42. The maximum absolute atomic E-state index is 13.4. The maximum Gasteiger partial charge on any atom is 0.327 e. The Morgan fingerprint density at radius 1 is 0.972 bits per heavy atom. The van der Waals surface area contributed by atoms with Crippen LogP contribution in [0, 0.1) is 5.92 Å². The van der Waals surface area contributed by atoms with Crippen molar-refractivity contribution in [2.24, 2.45) is 5.92 Å². The summed E-state index contributed by atoms with van der Waals surface area (Å²) in [7, 11) is 0. The van der Waals surface area contributed by atoms with Gasteiger partial charge in [0.2, 0.25) is 17.7 Å². The van der Waals surface area contributed by atoms with Gasteiger partial charge < -0.3 is 15.5 Å². The summed E-state index contributed by atoms with van der Waals surface area (Å²) in [6.45, 7) is -0.0984. The highest BCUT2D eigenvalue weighted by Crippen LogP contribution is 2.34. The van der Waals surface area contributed by atoms with E-state index >= 15 is 0 Å². The van der Waals surface area contributed by atoms with Gasteiger partial charge in [-0.05, 0) is 49.3 Å². The number of carbonyl (C=O) groups excluding carboxylic acids is 4. The van der Waals surface area contributed by atoms with Gasteiger partial charge in [0.1, 0.15) is 13.1 Å². The van der Waals surface area contributed by atoms with E-state index in [9.17, 15) is 19.2 Å². The summed E-state index contributed by atoms with van der Waals surface area (Å²) in [6, 6.07) is 16.4. The molecule has 0 spiro atoms. The largest absolute Gasteiger partial charge is 0.354 e. The molecule has 0 bridgehead atoms. The predicted octanol–water partition coefficient (Wildman–Crippen LogP) is 3.53. The van der Waals surface area contributed by atoms with Crippen molar-refractivity contribution < 1.29 is 19.2 Å². The summed E-state index contributed by atoms with van der Waals surface area (Å²) >= 11 is 1.57. The predicted molar refractivity (Wildman–Crippen MR) is 140 cm³/mol. The first kappa shape index (κ1) is 25.8. The number of thioether (sulfide) groups is 1. The fourth-order valence-corrected chi connectivity index (χ4v) is 5.40. The number of imide groups is 1. The number of fused-ring (bicyclic) bond motifs is 1. The number of urea groups is 1. The Morgan fingerprint density at radius 3 is 2.53 bits per heavy atom. The molecule has 0 radical (unpaired) electrons. The molecular formula is C27H32N4O4S. The van der Waals surface area contributed by atoms with Crippen molar-refractivity contribution >= 4 is 41.2 Å². The van der Waals surface area contributed by atoms with E-state index in [1.54, 1.807) is 17.8 Å². The number of carbonyl (C=O) groups is 4. The summed E-state index contributed by atoms with van der Waals surface area (Å²) < 4.78 is 0. The van der Waals surface area contributed by atoms with Crippen molar-refractivity contribution in [1.29, 1.82) is 0 Å². The van der Waals surface area contributed by atoms with Gasteiger partial charge in [0, 0.05) is 23.2 Å². The van der Waals surface area contributed by atoms with Crippen molar-refractivity contribution in [2.45, 2.75) is 43.0 Å². The summed E-state index contributed by atoms with van der Waals surface area (Å²) in [5, 5.41) is 5.67. The van der Waals surface area contributed by atoms with E-state index in [0.717, 1.165) is 28.2 Å². The molecule has 2 aliphatic rings. The Kier molecular flexibility index (Phi) is 8.64. The first-order chi connectivity index (χ1) is 17.5. The Morgan fingerprint density at radius 2 is 1.75 bits per heavy atom. The van der Waals surface area contributed by atoms with Crippen LogP contribution >= 0.6 is 11.8 Å². The molecule has 2 aromatic rings. The van der Waals surface area contributed by atoms with Crippen molar-refractivity contribution in [3.63, 3.8) is 0 Å². The minimum Gasteiger partial charge on any atom is -0.354 e. The van der Waals surface area contributed by atoms with Crippen LogP contribution in [0.1, 0.15) is 31.2 Å². The fraction of sp³-hybridized carbons (Fsp3) is 0.407. The normalized spacial score (nSPS) is 19.6. The highest BCUT2D eigenvalue weighted by molar-refractivity contribution is 7.98. The monoisotopic (exact) mass is 508 g/mol. The maximum atomic E-state index is 13.4. The Hall–Kier alpha value is -3.33. The van der Waals surface area contributed by atoms with Gasteiger partial charge in [-0.1, -0.05) is 49.2 Å². The molecular weight excluding hydrogens is 476 g/mol. The zero-order chi connectivity index (χ0) is 25.5. The van der Waals surface area contributed by atoms with Crippen LogP contribution < -0.4 is 10.6 Å². The topological polar surface area (TPSA) is 98.8 Å². The number of benzene rings is 2. The second-order valence-corrected chi connectivity index (χ2v) is 10.0. The molecule has 1 saturated heterocycles. The van der Waals surface area contributed by atoms with E-state index in [2.05, 4.69) is 10.6 Å². The molecule has 8 nitrogen and oxygen atoms in total. The second kappa shape index (κ2) is 12.1. The number of nitrogens with one attached hydrogen (secondary N) is 2. The van der Waals surface area contributed by atoms with Crippen molar-refractivity contribution in [2.75, 3.05) is 31.2 Å². The number of hydrogen-bond donors (Lipinski definition) is 2. The average molecular weight is 509 g/mol. The lowest BCUT2D eigenvalue weighted by Gasteiger charge is -2.46. The Balaban J connectivity index is 1.40. The lowest BCUT2D eigenvalue weighted by Crippen LogP contribution is -2.64. The molecule has 2 atom stereocenters. The van der Waals surface area contributed by atoms with E-state index in [1.165, 1.54) is 4.90 Å². The zero-order valence-electron chi connectivity index (χ0n) is 20.4. The smallest absolute Gasteiger partial charge is 0.327 e. The third-order valence-electron chi connectivity index (χ3n) is 6.74. The van der Waals surface area contributed by atoms with Crippen molar-refractivity contribution in [3.8, 4) is 0 Å². The highest BCUT2D eigenvalue weighted by atomic mass is 32.2. The van der Waals surface area contributed by atoms with Crippen LogP contribution in [-0.4, -0.2) is 65.5 Å². The number of nitrogens with zero attached hydrogens (tertiary/aromatic N) is 2. The molecule has 4 rings (SSSR count). The van der Waals surface area contributed by atoms with Gasteiger partial charge in [-0.25, -0.2) is 4.79 Å². The highest BCUT2D eigenvalue weighted by Gasteiger charge is 2.47. The van der Waals surface area contributed by atoms with Gasteiger partial charge in [0.15, 0.2) is 0 Å². The van der Waals surface area contributed by atoms with E-state index in [4.69, 9.17) is 0 Å². The van der Waals surface area contributed by atoms with Crippen LogP contribution in [0.25, 0.3) is 0 Å². The van der Waals surface area contributed by atoms with Crippen molar-refractivity contribution in [1.82, 2.24) is 15.1 Å².